The van der Waals surface area contributed by atoms with Crippen molar-refractivity contribution in [2.24, 2.45) is 5.92 Å². The zero-order valence-corrected chi connectivity index (χ0v) is 15.3. The zero-order chi connectivity index (χ0) is 16.7. The summed E-state index contributed by atoms with van der Waals surface area (Å²) >= 11 is 0. The predicted molar refractivity (Wildman–Crippen MR) is 90.5 cm³/mol. The second kappa shape index (κ2) is 14.5. The van der Waals surface area contributed by atoms with Crippen molar-refractivity contribution < 1.29 is 17.2 Å². The van der Waals surface area contributed by atoms with Gasteiger partial charge in [-0.05, 0) is 12.3 Å². The average Bonchev–Trinajstić information content (AvgIpc) is 2.43. The second-order valence-corrected chi connectivity index (χ2v) is 7.50. The SMILES string of the molecule is CCCC(C)CCCCCCCCCCCCOS(=O)(=O)[O-]. The number of unbranched alkanes of at least 4 members (excludes halogenated alkanes) is 9. The normalized spacial score (nSPS) is 13.4. The van der Waals surface area contributed by atoms with Gasteiger partial charge in [-0.15, -0.1) is 0 Å². The van der Waals surface area contributed by atoms with Crippen LogP contribution in [-0.4, -0.2) is 19.6 Å². The Bertz CT molecular complexity index is 328. The smallest absolute Gasteiger partial charge is 0.217 e. The summed E-state index contributed by atoms with van der Waals surface area (Å²) in [6.07, 6.45) is 15.9. The fraction of sp³-hybridized carbons (Fsp3) is 1.00. The molecule has 0 aliphatic rings. The van der Waals surface area contributed by atoms with Gasteiger partial charge in [-0.3, -0.25) is 4.18 Å². The molecule has 1 atom stereocenters. The van der Waals surface area contributed by atoms with Gasteiger partial charge in [0.2, 0.25) is 10.4 Å². The predicted octanol–water partition coefficient (Wildman–Crippen LogP) is 5.19. The van der Waals surface area contributed by atoms with Gasteiger partial charge in [0.15, 0.2) is 0 Å². The Morgan fingerprint density at radius 2 is 1.27 bits per heavy atom. The molecule has 4 nitrogen and oxygen atoms in total. The molecule has 0 aliphatic carbocycles. The lowest BCUT2D eigenvalue weighted by Crippen LogP contribution is -2.05. The first kappa shape index (κ1) is 21.9. The molecule has 0 amide bonds. The highest BCUT2D eigenvalue weighted by atomic mass is 32.3. The molecule has 5 heteroatoms. The first-order valence-electron chi connectivity index (χ1n) is 9.06. The van der Waals surface area contributed by atoms with Crippen LogP contribution in [0.2, 0.25) is 0 Å². The Morgan fingerprint density at radius 3 is 1.73 bits per heavy atom. The van der Waals surface area contributed by atoms with Crippen LogP contribution in [0.15, 0.2) is 0 Å². The molecule has 0 aromatic carbocycles. The van der Waals surface area contributed by atoms with Crippen molar-refractivity contribution in [3.8, 4) is 0 Å². The topological polar surface area (TPSA) is 66.4 Å². The molecule has 0 radical (unpaired) electrons. The molecule has 0 saturated carbocycles. The number of hydrogen-bond acceptors (Lipinski definition) is 4. The summed E-state index contributed by atoms with van der Waals surface area (Å²) in [6, 6.07) is 0. The van der Waals surface area contributed by atoms with Crippen LogP contribution in [-0.2, 0) is 14.6 Å². The molecule has 0 aliphatic heterocycles. The molecule has 0 bridgehead atoms. The maximum atomic E-state index is 10.2. The highest BCUT2D eigenvalue weighted by Crippen LogP contribution is 2.16. The lowest BCUT2D eigenvalue weighted by molar-refractivity contribution is 0.255. The van der Waals surface area contributed by atoms with Gasteiger partial charge < -0.3 is 4.55 Å². The summed E-state index contributed by atoms with van der Waals surface area (Å²) in [7, 11) is -4.50. The standard InChI is InChI=1S/C17H36O4S/c1-3-14-17(2)15-12-10-8-6-4-5-7-9-11-13-16-21-22(18,19)20/h17H,3-16H2,1-2H3,(H,18,19,20)/p-1. The largest absolute Gasteiger partial charge is 0.726 e. The third-order valence-electron chi connectivity index (χ3n) is 4.10. The molecule has 0 aromatic heterocycles. The zero-order valence-electron chi connectivity index (χ0n) is 14.5. The maximum Gasteiger partial charge on any atom is 0.217 e. The molecule has 0 fully saturated rings. The van der Waals surface area contributed by atoms with Gasteiger partial charge in [-0.2, -0.15) is 0 Å². The first-order valence-corrected chi connectivity index (χ1v) is 10.4. The molecule has 134 valence electrons. The Balaban J connectivity index is 3.11. The molecule has 0 rings (SSSR count). The van der Waals surface area contributed by atoms with E-state index in [0.717, 1.165) is 18.8 Å². The fourth-order valence-corrected chi connectivity index (χ4v) is 3.13. The monoisotopic (exact) mass is 335 g/mol. The summed E-state index contributed by atoms with van der Waals surface area (Å²) in [5.74, 6) is 0.894. The van der Waals surface area contributed by atoms with Crippen molar-refractivity contribution in [2.75, 3.05) is 6.61 Å². The lowest BCUT2D eigenvalue weighted by Gasteiger charge is -2.09. The fourth-order valence-electron chi connectivity index (χ4n) is 2.81. The molecule has 0 N–H and O–H groups in total. The molecule has 0 heterocycles. The minimum absolute atomic E-state index is 0.0300. The van der Waals surface area contributed by atoms with E-state index in [0.29, 0.717) is 6.42 Å². The van der Waals surface area contributed by atoms with E-state index in [9.17, 15) is 13.0 Å². The quantitative estimate of drug-likeness (QED) is 0.221. The summed E-state index contributed by atoms with van der Waals surface area (Å²) < 4.78 is 34.8. The van der Waals surface area contributed by atoms with Crippen LogP contribution in [0.25, 0.3) is 0 Å². The summed E-state index contributed by atoms with van der Waals surface area (Å²) in [5, 5.41) is 0. The van der Waals surface area contributed by atoms with E-state index in [1.807, 2.05) is 0 Å². The van der Waals surface area contributed by atoms with Crippen LogP contribution >= 0.6 is 0 Å². The Morgan fingerprint density at radius 1 is 0.818 bits per heavy atom. The van der Waals surface area contributed by atoms with Crippen molar-refractivity contribution in [3.63, 3.8) is 0 Å². The van der Waals surface area contributed by atoms with Gasteiger partial charge in [0.25, 0.3) is 0 Å². The summed E-state index contributed by atoms with van der Waals surface area (Å²) in [5.41, 5.74) is 0. The first-order chi connectivity index (χ1) is 10.5. The highest BCUT2D eigenvalue weighted by molar-refractivity contribution is 7.80. The van der Waals surface area contributed by atoms with Gasteiger partial charge in [-0.1, -0.05) is 90.9 Å². The molecular weight excluding hydrogens is 300 g/mol. The number of rotatable bonds is 16. The van der Waals surface area contributed by atoms with Crippen LogP contribution in [0.5, 0.6) is 0 Å². The minimum atomic E-state index is -4.50. The van der Waals surface area contributed by atoms with Gasteiger partial charge in [0, 0.05) is 0 Å². The van der Waals surface area contributed by atoms with Crippen molar-refractivity contribution in [2.45, 2.75) is 97.3 Å². The molecule has 1 unspecified atom stereocenters. The molecule has 0 aromatic rings. The van der Waals surface area contributed by atoms with E-state index in [-0.39, 0.29) is 6.61 Å². The van der Waals surface area contributed by atoms with Crippen LogP contribution in [0.3, 0.4) is 0 Å². The Hall–Kier alpha value is -0.130. The second-order valence-electron chi connectivity index (χ2n) is 6.45. The van der Waals surface area contributed by atoms with E-state index in [1.165, 1.54) is 64.2 Å². The molecule has 0 saturated heterocycles. The van der Waals surface area contributed by atoms with E-state index in [1.54, 1.807) is 0 Å². The average molecular weight is 336 g/mol. The van der Waals surface area contributed by atoms with E-state index < -0.39 is 10.4 Å². The van der Waals surface area contributed by atoms with Gasteiger partial charge in [0.05, 0.1) is 6.61 Å². The van der Waals surface area contributed by atoms with Crippen LogP contribution < -0.4 is 0 Å². The lowest BCUT2D eigenvalue weighted by atomic mass is 9.98. The number of hydrogen-bond donors (Lipinski definition) is 0. The van der Waals surface area contributed by atoms with Crippen molar-refractivity contribution in [3.05, 3.63) is 0 Å². The maximum absolute atomic E-state index is 10.2. The molecular formula is C17H35O4S-. The van der Waals surface area contributed by atoms with E-state index >= 15 is 0 Å². The summed E-state index contributed by atoms with van der Waals surface area (Å²) in [6.45, 7) is 4.65. The Labute approximate surface area is 138 Å². The highest BCUT2D eigenvalue weighted by Gasteiger charge is 2.00. The van der Waals surface area contributed by atoms with Crippen molar-refractivity contribution in [1.29, 1.82) is 0 Å². The third-order valence-corrected chi connectivity index (χ3v) is 4.56. The van der Waals surface area contributed by atoms with Crippen LogP contribution in [0.1, 0.15) is 97.3 Å². The third kappa shape index (κ3) is 17.9. The molecule has 0 spiro atoms. The van der Waals surface area contributed by atoms with E-state index in [2.05, 4.69) is 18.0 Å². The van der Waals surface area contributed by atoms with Crippen LogP contribution in [0, 0.1) is 5.92 Å². The van der Waals surface area contributed by atoms with Crippen molar-refractivity contribution >= 4 is 10.4 Å². The van der Waals surface area contributed by atoms with Gasteiger partial charge in [0.1, 0.15) is 0 Å². The Kier molecular flexibility index (Phi) is 14.4. The molecule has 22 heavy (non-hydrogen) atoms. The van der Waals surface area contributed by atoms with Crippen molar-refractivity contribution in [1.82, 2.24) is 0 Å². The van der Waals surface area contributed by atoms with Gasteiger partial charge in [-0.25, -0.2) is 8.42 Å². The minimum Gasteiger partial charge on any atom is -0.726 e. The summed E-state index contributed by atoms with van der Waals surface area (Å²) in [4.78, 5) is 0. The van der Waals surface area contributed by atoms with E-state index in [4.69, 9.17) is 0 Å². The van der Waals surface area contributed by atoms with Crippen LogP contribution in [0.4, 0.5) is 0 Å². The van der Waals surface area contributed by atoms with Gasteiger partial charge >= 0.3 is 0 Å².